The van der Waals surface area contributed by atoms with Gasteiger partial charge in [0.2, 0.25) is 11.9 Å². The van der Waals surface area contributed by atoms with Crippen LogP contribution in [0.1, 0.15) is 45.4 Å². The van der Waals surface area contributed by atoms with Gasteiger partial charge in [0.1, 0.15) is 0 Å². The van der Waals surface area contributed by atoms with Crippen LogP contribution in [-0.4, -0.2) is 33.7 Å². The molecule has 3 aliphatic rings. The van der Waals surface area contributed by atoms with Crippen LogP contribution in [0.15, 0.2) is 30.5 Å². The molecule has 2 fully saturated rings. The van der Waals surface area contributed by atoms with E-state index < -0.39 is 0 Å². The van der Waals surface area contributed by atoms with Crippen LogP contribution in [0.25, 0.3) is 0 Å². The Bertz CT molecular complexity index is 988. The third-order valence-electron chi connectivity index (χ3n) is 6.62. The Kier molecular flexibility index (Phi) is 5.04. The zero-order valence-corrected chi connectivity index (χ0v) is 18.3. The van der Waals surface area contributed by atoms with Gasteiger partial charge in [0.15, 0.2) is 12.1 Å². The highest BCUT2D eigenvalue weighted by Crippen LogP contribution is 2.41. The number of nitrogens with two attached hydrogens (primary N) is 1. The molecule has 1 aromatic carbocycles. The number of fused-ring (bicyclic) bond motifs is 1. The molecule has 1 aliphatic heterocycles. The standard InChI is InChI=1S/C22H28ClN7O/c1-22(9-10-22)29-20-25-12-17-19(28-20)30(16-7-5-13(6-8-16)18(24)31)21(27-17)26-15-4-2-3-14(23)11-15/h2-4,11-13,16,21,26-27H,5-10H2,1H3,(H2,24,31)(H,25,28,29). The molecule has 9 heteroatoms. The van der Waals surface area contributed by atoms with Gasteiger partial charge in [-0.25, -0.2) is 4.98 Å². The molecule has 1 atom stereocenters. The molecule has 2 aromatic rings. The minimum atomic E-state index is -0.196. The summed E-state index contributed by atoms with van der Waals surface area (Å²) in [6, 6.07) is 7.91. The molecule has 5 rings (SSSR count). The average molecular weight is 442 g/mol. The van der Waals surface area contributed by atoms with Crippen molar-refractivity contribution in [3.05, 3.63) is 35.5 Å². The number of rotatable bonds is 6. The second-order valence-corrected chi connectivity index (χ2v) is 9.57. The SMILES string of the molecule is CC1(Nc2ncc3c(n2)N(C2CCC(C(N)=O)CC2)C(Nc2cccc(Cl)c2)N3)CC1. The van der Waals surface area contributed by atoms with Crippen molar-refractivity contribution in [3.8, 4) is 0 Å². The van der Waals surface area contributed by atoms with E-state index in [0.717, 1.165) is 55.7 Å². The quantitative estimate of drug-likeness (QED) is 0.540. The van der Waals surface area contributed by atoms with Gasteiger partial charge in [-0.05, 0) is 63.6 Å². The van der Waals surface area contributed by atoms with Crippen LogP contribution in [0.3, 0.4) is 0 Å². The second kappa shape index (κ2) is 7.75. The number of anilines is 4. The Balaban J connectivity index is 1.42. The molecule has 1 amide bonds. The van der Waals surface area contributed by atoms with Gasteiger partial charge in [0.25, 0.3) is 0 Å². The minimum Gasteiger partial charge on any atom is -0.369 e. The molecule has 2 heterocycles. The minimum absolute atomic E-state index is 0.0388. The molecular formula is C22H28ClN7O. The average Bonchev–Trinajstić information content (AvgIpc) is 3.35. The van der Waals surface area contributed by atoms with Crippen molar-refractivity contribution in [1.29, 1.82) is 0 Å². The molecule has 31 heavy (non-hydrogen) atoms. The number of benzene rings is 1. The fourth-order valence-corrected chi connectivity index (χ4v) is 4.71. The van der Waals surface area contributed by atoms with Crippen LogP contribution in [0.5, 0.6) is 0 Å². The number of primary amides is 1. The first kappa shape index (κ1) is 20.2. The molecule has 2 aliphatic carbocycles. The van der Waals surface area contributed by atoms with Crippen LogP contribution in [0, 0.1) is 5.92 Å². The first-order valence-electron chi connectivity index (χ1n) is 10.9. The molecule has 0 spiro atoms. The van der Waals surface area contributed by atoms with Crippen LogP contribution in [0.4, 0.5) is 23.1 Å². The Morgan fingerprint density at radius 1 is 1.29 bits per heavy atom. The van der Waals surface area contributed by atoms with Gasteiger partial charge >= 0.3 is 0 Å². The van der Waals surface area contributed by atoms with E-state index >= 15 is 0 Å². The van der Waals surface area contributed by atoms with Gasteiger partial charge in [-0.1, -0.05) is 17.7 Å². The fourth-order valence-electron chi connectivity index (χ4n) is 4.52. The first-order chi connectivity index (χ1) is 14.9. The number of carbonyl (C=O) groups is 1. The molecule has 1 aromatic heterocycles. The highest BCUT2D eigenvalue weighted by atomic mass is 35.5. The molecule has 5 N–H and O–H groups in total. The third-order valence-corrected chi connectivity index (χ3v) is 6.85. The summed E-state index contributed by atoms with van der Waals surface area (Å²) in [5.74, 6) is 1.30. The Hall–Kier alpha value is -2.74. The van der Waals surface area contributed by atoms with Gasteiger partial charge in [0.05, 0.1) is 11.9 Å². The van der Waals surface area contributed by atoms with E-state index in [9.17, 15) is 4.79 Å². The predicted molar refractivity (Wildman–Crippen MR) is 123 cm³/mol. The maximum absolute atomic E-state index is 11.6. The Morgan fingerprint density at radius 2 is 2.06 bits per heavy atom. The highest BCUT2D eigenvalue weighted by molar-refractivity contribution is 6.30. The number of carbonyl (C=O) groups excluding carboxylic acids is 1. The highest BCUT2D eigenvalue weighted by Gasteiger charge is 2.40. The normalized spacial score (nSPS) is 26.0. The van der Waals surface area contributed by atoms with E-state index in [1.807, 2.05) is 30.5 Å². The lowest BCUT2D eigenvalue weighted by atomic mass is 9.85. The monoisotopic (exact) mass is 441 g/mol. The number of aromatic nitrogens is 2. The van der Waals surface area contributed by atoms with E-state index in [2.05, 4.69) is 32.8 Å². The topological polar surface area (TPSA) is 108 Å². The van der Waals surface area contributed by atoms with Gasteiger partial charge in [-0.3, -0.25) is 4.79 Å². The zero-order chi connectivity index (χ0) is 21.6. The maximum atomic E-state index is 11.6. The summed E-state index contributed by atoms with van der Waals surface area (Å²) >= 11 is 6.19. The van der Waals surface area contributed by atoms with Gasteiger partial charge in [-0.2, -0.15) is 4.98 Å². The number of halogens is 1. The van der Waals surface area contributed by atoms with Crippen molar-refractivity contribution in [2.45, 2.75) is 63.3 Å². The summed E-state index contributed by atoms with van der Waals surface area (Å²) < 4.78 is 0. The molecule has 0 bridgehead atoms. The smallest absolute Gasteiger partial charge is 0.225 e. The van der Waals surface area contributed by atoms with Crippen molar-refractivity contribution < 1.29 is 4.79 Å². The first-order valence-corrected chi connectivity index (χ1v) is 11.3. The lowest BCUT2D eigenvalue weighted by Gasteiger charge is -2.38. The predicted octanol–water partition coefficient (Wildman–Crippen LogP) is 3.77. The summed E-state index contributed by atoms with van der Waals surface area (Å²) in [7, 11) is 0. The summed E-state index contributed by atoms with van der Waals surface area (Å²) in [5.41, 5.74) is 7.47. The molecular weight excluding hydrogens is 414 g/mol. The van der Waals surface area contributed by atoms with Gasteiger partial charge in [-0.15, -0.1) is 0 Å². The van der Waals surface area contributed by atoms with Crippen molar-refractivity contribution in [2.24, 2.45) is 11.7 Å². The zero-order valence-electron chi connectivity index (χ0n) is 17.6. The molecule has 2 saturated carbocycles. The van der Waals surface area contributed by atoms with E-state index in [1.165, 1.54) is 0 Å². The van der Waals surface area contributed by atoms with Crippen LogP contribution in [0.2, 0.25) is 5.02 Å². The van der Waals surface area contributed by atoms with Crippen molar-refractivity contribution in [3.63, 3.8) is 0 Å². The van der Waals surface area contributed by atoms with Crippen molar-refractivity contribution >= 4 is 40.6 Å². The molecule has 0 saturated heterocycles. The van der Waals surface area contributed by atoms with E-state index in [-0.39, 0.29) is 29.7 Å². The number of hydrogen-bond donors (Lipinski definition) is 4. The lowest BCUT2D eigenvalue weighted by Crippen LogP contribution is -2.50. The van der Waals surface area contributed by atoms with Gasteiger partial charge in [0, 0.05) is 28.2 Å². The molecule has 164 valence electrons. The summed E-state index contributed by atoms with van der Waals surface area (Å²) in [5, 5.41) is 11.2. The van der Waals surface area contributed by atoms with E-state index in [4.69, 9.17) is 22.3 Å². The summed E-state index contributed by atoms with van der Waals surface area (Å²) in [4.78, 5) is 23.3. The molecule has 0 radical (unpaired) electrons. The summed E-state index contributed by atoms with van der Waals surface area (Å²) in [6.07, 6.45) is 7.27. The number of nitrogens with one attached hydrogen (secondary N) is 3. The number of hydrogen-bond acceptors (Lipinski definition) is 7. The van der Waals surface area contributed by atoms with E-state index in [0.29, 0.717) is 11.0 Å². The Labute approximate surface area is 187 Å². The Morgan fingerprint density at radius 3 is 2.74 bits per heavy atom. The molecule has 8 nitrogen and oxygen atoms in total. The van der Waals surface area contributed by atoms with Crippen molar-refractivity contribution in [1.82, 2.24) is 9.97 Å². The second-order valence-electron chi connectivity index (χ2n) is 9.13. The van der Waals surface area contributed by atoms with Crippen molar-refractivity contribution in [2.75, 3.05) is 20.9 Å². The van der Waals surface area contributed by atoms with Crippen LogP contribution in [-0.2, 0) is 4.79 Å². The molecule has 1 unspecified atom stereocenters. The van der Waals surface area contributed by atoms with E-state index in [1.54, 1.807) is 0 Å². The van der Waals surface area contributed by atoms with Crippen LogP contribution >= 0.6 is 11.6 Å². The summed E-state index contributed by atoms with van der Waals surface area (Å²) in [6.45, 7) is 2.19. The van der Waals surface area contributed by atoms with Crippen LogP contribution < -0.4 is 26.6 Å². The largest absolute Gasteiger partial charge is 0.369 e. The fraction of sp³-hybridized carbons (Fsp3) is 0.500. The maximum Gasteiger partial charge on any atom is 0.225 e. The number of nitrogens with zero attached hydrogens (tertiary/aromatic N) is 3. The number of amides is 1. The van der Waals surface area contributed by atoms with Gasteiger partial charge < -0.3 is 26.6 Å². The lowest BCUT2D eigenvalue weighted by molar-refractivity contribution is -0.122. The third kappa shape index (κ3) is 4.21.